The molecule has 3 heterocycles. The predicted molar refractivity (Wildman–Crippen MR) is 179 cm³/mol. The summed E-state index contributed by atoms with van der Waals surface area (Å²) in [6.45, 7) is 2.37. The number of aromatic nitrogens is 3. The minimum Gasteiger partial charge on any atom is -0.394 e. The first-order valence-electron chi connectivity index (χ1n) is 15.5. The van der Waals surface area contributed by atoms with E-state index in [4.69, 9.17) is 11.6 Å². The number of hydrogen-bond donors (Lipinski definition) is 5. The molecule has 256 valence electrons. The summed E-state index contributed by atoms with van der Waals surface area (Å²) in [5, 5.41) is 24.0. The van der Waals surface area contributed by atoms with Crippen LogP contribution >= 0.6 is 11.6 Å². The lowest BCUT2D eigenvalue weighted by Gasteiger charge is -2.20. The number of nitrogens with one attached hydrogen (secondary N) is 4. The van der Waals surface area contributed by atoms with Crippen LogP contribution in [0, 0.1) is 0 Å². The Balaban J connectivity index is 1.33. The van der Waals surface area contributed by atoms with Gasteiger partial charge in [-0.25, -0.2) is 0 Å². The number of nitrogens with zero attached hydrogens (tertiary/aromatic N) is 3. The molecule has 1 saturated heterocycles. The highest BCUT2D eigenvalue weighted by atomic mass is 35.5. The third-order valence-electron chi connectivity index (χ3n) is 8.49. The van der Waals surface area contributed by atoms with E-state index in [1.54, 1.807) is 12.3 Å². The molecule has 14 heteroatoms. The molecule has 5 rings (SSSR count). The van der Waals surface area contributed by atoms with Gasteiger partial charge in [-0.05, 0) is 67.8 Å². The number of benzene rings is 2. The molecular weight excluding hydrogens is 647 g/mol. The van der Waals surface area contributed by atoms with E-state index >= 15 is 0 Å². The highest BCUT2D eigenvalue weighted by Gasteiger charge is 2.31. The van der Waals surface area contributed by atoms with Crippen molar-refractivity contribution in [1.82, 2.24) is 30.7 Å². The Morgan fingerprint density at radius 2 is 1.81 bits per heavy atom. The third kappa shape index (κ3) is 7.92. The number of carbonyl (C=O) groups excluding carboxylic acids is 2. The van der Waals surface area contributed by atoms with Gasteiger partial charge in [-0.2, -0.15) is 18.3 Å². The normalized spacial score (nSPS) is 17.1. The Hall–Kier alpha value is -4.17. The Morgan fingerprint density at radius 3 is 2.42 bits per heavy atom. The monoisotopic (exact) mass is 685 g/mol. The van der Waals surface area contributed by atoms with E-state index in [0.717, 1.165) is 41.7 Å². The maximum Gasteiger partial charge on any atom is 0.416 e. The molecule has 10 nitrogen and oxygen atoms in total. The standard InChI is InChI=1S/C34H39ClF3N7O3/c1-19-5-12-26(40-19)29(47)17-45(4)16-22-7-6-21(13-25(22)35)30-31(42-43-32(30)44(2)3)23-14-27(39-15-23)33(48)41-28(18-46)20-8-10-24(11-9-20)34(36,37)38/h6-11,13-15,19,26,28,39-40,46H,5,12,16-18H2,1-4H3,(H,41,48)(H,42,43)/t19?,26?,28-/m1/s1. The Kier molecular flexibility index (Phi) is 10.6. The molecule has 0 bridgehead atoms. The molecule has 2 aromatic carbocycles. The van der Waals surface area contributed by atoms with Crippen LogP contribution in [0.15, 0.2) is 54.7 Å². The number of carbonyl (C=O) groups is 2. The molecule has 1 aliphatic heterocycles. The fraction of sp³-hybridized carbons (Fsp3) is 0.382. The van der Waals surface area contributed by atoms with Gasteiger partial charge in [-0.3, -0.25) is 19.6 Å². The maximum atomic E-state index is 13.1. The number of aromatic amines is 2. The number of alkyl halides is 3. The molecule has 4 aromatic rings. The number of amides is 1. The first-order valence-corrected chi connectivity index (χ1v) is 15.9. The van der Waals surface area contributed by atoms with Crippen LogP contribution in [0.25, 0.3) is 22.4 Å². The summed E-state index contributed by atoms with van der Waals surface area (Å²) in [5.41, 5.74) is 3.34. The number of aliphatic hydroxyl groups excluding tert-OH is 1. The highest BCUT2D eigenvalue weighted by Crippen LogP contribution is 2.39. The largest absolute Gasteiger partial charge is 0.416 e. The zero-order valence-corrected chi connectivity index (χ0v) is 27.8. The quantitative estimate of drug-likeness (QED) is 0.135. The van der Waals surface area contributed by atoms with E-state index in [-0.39, 0.29) is 17.5 Å². The van der Waals surface area contributed by atoms with Gasteiger partial charge in [0.2, 0.25) is 0 Å². The number of ketones is 1. The summed E-state index contributed by atoms with van der Waals surface area (Å²) in [6.07, 6.45) is -1.01. The van der Waals surface area contributed by atoms with E-state index in [2.05, 4.69) is 32.7 Å². The minimum absolute atomic E-state index is 0.112. The van der Waals surface area contributed by atoms with Gasteiger partial charge in [0.25, 0.3) is 5.91 Å². The lowest BCUT2D eigenvalue weighted by atomic mass is 10.00. The second-order valence-electron chi connectivity index (χ2n) is 12.5. The molecule has 1 aliphatic rings. The summed E-state index contributed by atoms with van der Waals surface area (Å²) in [7, 11) is 5.61. The minimum atomic E-state index is -4.49. The summed E-state index contributed by atoms with van der Waals surface area (Å²) >= 11 is 6.79. The Bertz CT molecular complexity index is 1750. The van der Waals surface area contributed by atoms with Crippen molar-refractivity contribution in [1.29, 1.82) is 0 Å². The van der Waals surface area contributed by atoms with Crippen molar-refractivity contribution in [3.63, 3.8) is 0 Å². The molecule has 0 aliphatic carbocycles. The SMILES string of the molecule is CC1CCC(C(=O)CN(C)Cc2ccc(-c3c(N(C)C)n[nH]c3-c3c[nH]c(C(=O)N[C@H](CO)c4ccc(C(F)(F)F)cc4)c3)cc2Cl)N1. The molecule has 48 heavy (non-hydrogen) atoms. The lowest BCUT2D eigenvalue weighted by molar-refractivity contribution is -0.137. The zero-order chi connectivity index (χ0) is 34.7. The number of likely N-dealkylation sites (N-methyl/N-ethyl adjacent to an activating group) is 1. The molecule has 0 spiro atoms. The van der Waals surface area contributed by atoms with Crippen molar-refractivity contribution >= 4 is 29.1 Å². The van der Waals surface area contributed by atoms with Crippen molar-refractivity contribution < 1.29 is 27.9 Å². The predicted octanol–water partition coefficient (Wildman–Crippen LogP) is 5.41. The highest BCUT2D eigenvalue weighted by molar-refractivity contribution is 6.31. The molecule has 1 fully saturated rings. The van der Waals surface area contributed by atoms with Crippen LogP contribution < -0.4 is 15.5 Å². The second kappa shape index (κ2) is 14.5. The van der Waals surface area contributed by atoms with Crippen LogP contribution in [-0.2, 0) is 17.5 Å². The third-order valence-corrected chi connectivity index (χ3v) is 8.84. The van der Waals surface area contributed by atoms with Gasteiger partial charge in [0.1, 0.15) is 5.69 Å². The van der Waals surface area contributed by atoms with Crippen LogP contribution in [0.2, 0.25) is 5.02 Å². The Labute approximate surface area is 281 Å². The van der Waals surface area contributed by atoms with Crippen LogP contribution in [0.5, 0.6) is 0 Å². The van der Waals surface area contributed by atoms with Gasteiger partial charge in [0.15, 0.2) is 11.6 Å². The zero-order valence-electron chi connectivity index (χ0n) is 27.1. The number of rotatable bonds is 12. The first-order chi connectivity index (χ1) is 22.7. The van der Waals surface area contributed by atoms with Crippen molar-refractivity contribution in [3.05, 3.63) is 82.1 Å². The van der Waals surface area contributed by atoms with E-state index < -0.39 is 30.3 Å². The van der Waals surface area contributed by atoms with Gasteiger partial charge >= 0.3 is 6.18 Å². The Morgan fingerprint density at radius 1 is 1.08 bits per heavy atom. The van der Waals surface area contributed by atoms with E-state index in [1.165, 1.54) is 12.1 Å². The number of halogens is 4. The average molecular weight is 686 g/mol. The summed E-state index contributed by atoms with van der Waals surface area (Å²) in [4.78, 5) is 32.6. The van der Waals surface area contributed by atoms with Gasteiger partial charge in [-0.15, -0.1) is 0 Å². The fourth-order valence-corrected chi connectivity index (χ4v) is 6.16. The van der Waals surface area contributed by atoms with Crippen molar-refractivity contribution in [2.24, 2.45) is 0 Å². The van der Waals surface area contributed by atoms with Crippen LogP contribution in [0.1, 0.15) is 53.0 Å². The molecule has 2 unspecified atom stereocenters. The second-order valence-corrected chi connectivity index (χ2v) is 12.9. The molecule has 1 amide bonds. The smallest absolute Gasteiger partial charge is 0.394 e. The van der Waals surface area contributed by atoms with Gasteiger partial charge in [0, 0.05) is 43.5 Å². The van der Waals surface area contributed by atoms with Crippen LogP contribution in [0.4, 0.5) is 19.0 Å². The van der Waals surface area contributed by atoms with Gasteiger partial charge in [-0.1, -0.05) is 35.9 Å². The van der Waals surface area contributed by atoms with Crippen molar-refractivity contribution in [2.75, 3.05) is 39.2 Å². The number of Topliss-reactive ketones (excluding diaryl/α,β-unsaturated/α-hetero) is 1. The summed E-state index contributed by atoms with van der Waals surface area (Å²) in [6, 6.07) is 10.9. The topological polar surface area (TPSA) is 129 Å². The van der Waals surface area contributed by atoms with E-state index in [9.17, 15) is 27.9 Å². The number of H-pyrrole nitrogens is 2. The van der Waals surface area contributed by atoms with Gasteiger partial charge in [0.05, 0.1) is 42.1 Å². The van der Waals surface area contributed by atoms with Gasteiger partial charge < -0.3 is 25.6 Å². The fourth-order valence-electron chi connectivity index (χ4n) is 5.92. The lowest BCUT2D eigenvalue weighted by Crippen LogP contribution is -2.40. The first kappa shape index (κ1) is 35.1. The molecule has 5 N–H and O–H groups in total. The van der Waals surface area contributed by atoms with E-state index in [0.29, 0.717) is 46.8 Å². The van der Waals surface area contributed by atoms with Crippen molar-refractivity contribution in [2.45, 2.75) is 50.6 Å². The number of anilines is 1. The van der Waals surface area contributed by atoms with Crippen LogP contribution in [-0.4, -0.2) is 83.3 Å². The molecular formula is C34H39ClF3N7O3. The maximum absolute atomic E-state index is 13.1. The van der Waals surface area contributed by atoms with E-state index in [1.807, 2.05) is 49.1 Å². The number of hydrogen-bond acceptors (Lipinski definition) is 7. The summed E-state index contributed by atoms with van der Waals surface area (Å²) < 4.78 is 38.9. The van der Waals surface area contributed by atoms with Crippen molar-refractivity contribution in [3.8, 4) is 22.4 Å². The summed E-state index contributed by atoms with van der Waals surface area (Å²) in [5.74, 6) is 0.256. The molecule has 0 saturated carbocycles. The molecule has 0 radical (unpaired) electrons. The number of aliphatic hydroxyl groups is 1. The average Bonchev–Trinajstić information content (AvgIpc) is 3.80. The molecule has 3 atom stereocenters. The van der Waals surface area contributed by atoms with Crippen LogP contribution in [0.3, 0.4) is 0 Å². The molecule has 2 aromatic heterocycles.